The zero-order valence-electron chi connectivity index (χ0n) is 12.0. The van der Waals surface area contributed by atoms with Crippen molar-refractivity contribution >= 4 is 23.1 Å². The van der Waals surface area contributed by atoms with Gasteiger partial charge in [-0.3, -0.25) is 0 Å². The van der Waals surface area contributed by atoms with Crippen LogP contribution in [0.2, 0.25) is 0 Å². The SMILES string of the molecule is CCn1c(C)nnc1SCc1csc(-c2ccccc2)n1. The van der Waals surface area contributed by atoms with E-state index in [1.165, 1.54) is 5.56 Å². The fourth-order valence-electron chi connectivity index (χ4n) is 2.06. The molecule has 0 saturated heterocycles. The third-order valence-electron chi connectivity index (χ3n) is 3.14. The molecule has 6 heteroatoms. The quantitative estimate of drug-likeness (QED) is 0.667. The minimum absolute atomic E-state index is 0.821. The second-order valence-corrected chi connectivity index (χ2v) is 6.37. The van der Waals surface area contributed by atoms with Gasteiger partial charge in [0.2, 0.25) is 0 Å². The Hall–Kier alpha value is -1.66. The molecule has 3 rings (SSSR count). The molecule has 0 N–H and O–H groups in total. The van der Waals surface area contributed by atoms with E-state index in [0.717, 1.165) is 34.0 Å². The molecule has 2 aromatic heterocycles. The van der Waals surface area contributed by atoms with Crippen LogP contribution < -0.4 is 0 Å². The first kappa shape index (κ1) is 14.3. The van der Waals surface area contributed by atoms with Crippen molar-refractivity contribution in [3.05, 3.63) is 47.2 Å². The maximum Gasteiger partial charge on any atom is 0.191 e. The van der Waals surface area contributed by atoms with Gasteiger partial charge in [0.05, 0.1) is 5.69 Å². The second kappa shape index (κ2) is 6.41. The molecule has 4 nitrogen and oxygen atoms in total. The molecule has 0 bridgehead atoms. The van der Waals surface area contributed by atoms with Gasteiger partial charge in [0.1, 0.15) is 10.8 Å². The van der Waals surface area contributed by atoms with E-state index in [9.17, 15) is 0 Å². The van der Waals surface area contributed by atoms with Crippen molar-refractivity contribution in [3.8, 4) is 10.6 Å². The molecule has 0 atom stereocenters. The molecule has 0 amide bonds. The van der Waals surface area contributed by atoms with Crippen LogP contribution in [0, 0.1) is 6.92 Å². The van der Waals surface area contributed by atoms with Gasteiger partial charge in [-0.1, -0.05) is 42.1 Å². The van der Waals surface area contributed by atoms with Crippen LogP contribution in [-0.2, 0) is 12.3 Å². The number of hydrogen-bond acceptors (Lipinski definition) is 5. The van der Waals surface area contributed by atoms with E-state index in [-0.39, 0.29) is 0 Å². The highest BCUT2D eigenvalue weighted by atomic mass is 32.2. The number of aryl methyl sites for hydroxylation is 1. The Bertz CT molecular complexity index is 718. The Balaban J connectivity index is 1.70. The molecule has 2 heterocycles. The summed E-state index contributed by atoms with van der Waals surface area (Å²) in [5, 5.41) is 12.5. The number of aromatic nitrogens is 4. The first-order valence-electron chi connectivity index (χ1n) is 6.80. The van der Waals surface area contributed by atoms with Crippen molar-refractivity contribution in [1.82, 2.24) is 19.7 Å². The summed E-state index contributed by atoms with van der Waals surface area (Å²) in [6.45, 7) is 4.99. The molecular weight excluding hydrogens is 300 g/mol. The summed E-state index contributed by atoms with van der Waals surface area (Å²) in [7, 11) is 0. The van der Waals surface area contributed by atoms with Crippen LogP contribution in [0.5, 0.6) is 0 Å². The van der Waals surface area contributed by atoms with E-state index < -0.39 is 0 Å². The summed E-state index contributed by atoms with van der Waals surface area (Å²) in [6, 6.07) is 10.3. The average molecular weight is 316 g/mol. The zero-order chi connectivity index (χ0) is 14.7. The minimum Gasteiger partial charge on any atom is -0.307 e. The Morgan fingerprint density at radius 2 is 2.00 bits per heavy atom. The Labute approximate surface area is 132 Å². The van der Waals surface area contributed by atoms with Gasteiger partial charge >= 0.3 is 0 Å². The smallest absolute Gasteiger partial charge is 0.191 e. The molecule has 3 aromatic rings. The Morgan fingerprint density at radius 1 is 1.19 bits per heavy atom. The summed E-state index contributed by atoms with van der Waals surface area (Å²) in [6.07, 6.45) is 0. The van der Waals surface area contributed by atoms with Gasteiger partial charge in [-0.25, -0.2) is 4.98 Å². The molecule has 108 valence electrons. The van der Waals surface area contributed by atoms with Gasteiger partial charge in [0.15, 0.2) is 5.16 Å². The number of thiazole rings is 1. The summed E-state index contributed by atoms with van der Waals surface area (Å²) >= 11 is 3.37. The maximum atomic E-state index is 4.70. The van der Waals surface area contributed by atoms with Crippen LogP contribution in [0.3, 0.4) is 0 Å². The molecular formula is C15H16N4S2. The molecule has 0 aliphatic rings. The van der Waals surface area contributed by atoms with Crippen LogP contribution in [0.4, 0.5) is 0 Å². The van der Waals surface area contributed by atoms with E-state index in [2.05, 4.69) is 39.2 Å². The topological polar surface area (TPSA) is 43.6 Å². The average Bonchev–Trinajstić information content (AvgIpc) is 3.12. The molecule has 0 unspecified atom stereocenters. The summed E-state index contributed by atoms with van der Waals surface area (Å²) in [5.41, 5.74) is 2.26. The van der Waals surface area contributed by atoms with Crippen molar-refractivity contribution < 1.29 is 0 Å². The largest absolute Gasteiger partial charge is 0.307 e. The number of benzene rings is 1. The molecule has 0 aliphatic carbocycles. The molecule has 0 spiro atoms. The van der Waals surface area contributed by atoms with Crippen molar-refractivity contribution in [2.45, 2.75) is 31.3 Å². The van der Waals surface area contributed by atoms with Crippen LogP contribution in [0.15, 0.2) is 40.9 Å². The van der Waals surface area contributed by atoms with E-state index in [0.29, 0.717) is 0 Å². The van der Waals surface area contributed by atoms with E-state index >= 15 is 0 Å². The lowest BCUT2D eigenvalue weighted by molar-refractivity contribution is 0.662. The molecule has 21 heavy (non-hydrogen) atoms. The van der Waals surface area contributed by atoms with Crippen LogP contribution in [-0.4, -0.2) is 19.7 Å². The number of thioether (sulfide) groups is 1. The van der Waals surface area contributed by atoms with E-state index in [1.54, 1.807) is 23.1 Å². The van der Waals surface area contributed by atoms with Gasteiger partial charge in [-0.15, -0.1) is 21.5 Å². The Morgan fingerprint density at radius 3 is 2.76 bits per heavy atom. The second-order valence-electron chi connectivity index (χ2n) is 4.57. The van der Waals surface area contributed by atoms with Gasteiger partial charge in [0, 0.05) is 23.2 Å². The fourth-order valence-corrected chi connectivity index (χ4v) is 3.93. The first-order chi connectivity index (χ1) is 10.3. The van der Waals surface area contributed by atoms with Crippen molar-refractivity contribution in [2.75, 3.05) is 0 Å². The summed E-state index contributed by atoms with van der Waals surface area (Å²) in [5.74, 6) is 1.78. The lowest BCUT2D eigenvalue weighted by Crippen LogP contribution is -1.99. The highest BCUT2D eigenvalue weighted by Crippen LogP contribution is 2.27. The predicted octanol–water partition coefficient (Wildman–Crippen LogP) is 4.02. The van der Waals surface area contributed by atoms with E-state index in [4.69, 9.17) is 4.98 Å². The maximum absolute atomic E-state index is 4.70. The number of hydrogen-bond donors (Lipinski definition) is 0. The normalized spacial score (nSPS) is 11.0. The summed E-state index contributed by atoms with van der Waals surface area (Å²) < 4.78 is 2.12. The van der Waals surface area contributed by atoms with Crippen molar-refractivity contribution in [3.63, 3.8) is 0 Å². The lowest BCUT2D eigenvalue weighted by Gasteiger charge is -2.03. The van der Waals surface area contributed by atoms with E-state index in [1.807, 2.05) is 25.1 Å². The standard InChI is InChI=1S/C15H16N4S2/c1-3-19-11(2)17-18-15(19)21-10-13-9-20-14(16-13)12-7-5-4-6-8-12/h4-9H,3,10H2,1-2H3. The third kappa shape index (κ3) is 3.16. The monoisotopic (exact) mass is 316 g/mol. The zero-order valence-corrected chi connectivity index (χ0v) is 13.6. The van der Waals surface area contributed by atoms with Crippen LogP contribution in [0.1, 0.15) is 18.4 Å². The number of rotatable bonds is 5. The Kier molecular flexibility index (Phi) is 4.36. The molecule has 0 saturated carbocycles. The highest BCUT2D eigenvalue weighted by Gasteiger charge is 2.10. The van der Waals surface area contributed by atoms with Gasteiger partial charge in [0.25, 0.3) is 0 Å². The predicted molar refractivity (Wildman–Crippen MR) is 87.5 cm³/mol. The van der Waals surface area contributed by atoms with Gasteiger partial charge in [-0.05, 0) is 13.8 Å². The molecule has 1 aromatic carbocycles. The highest BCUT2D eigenvalue weighted by molar-refractivity contribution is 7.98. The molecule has 0 aliphatic heterocycles. The molecule has 0 fully saturated rings. The number of nitrogens with zero attached hydrogens (tertiary/aromatic N) is 4. The lowest BCUT2D eigenvalue weighted by atomic mass is 10.2. The fraction of sp³-hybridized carbons (Fsp3) is 0.267. The van der Waals surface area contributed by atoms with Gasteiger partial charge < -0.3 is 4.57 Å². The minimum atomic E-state index is 0.821. The summed E-state index contributed by atoms with van der Waals surface area (Å²) in [4.78, 5) is 4.70. The van der Waals surface area contributed by atoms with Crippen molar-refractivity contribution in [1.29, 1.82) is 0 Å². The van der Waals surface area contributed by atoms with Crippen LogP contribution >= 0.6 is 23.1 Å². The first-order valence-corrected chi connectivity index (χ1v) is 8.67. The van der Waals surface area contributed by atoms with Gasteiger partial charge in [-0.2, -0.15) is 0 Å². The molecule has 0 radical (unpaired) electrons. The third-order valence-corrected chi connectivity index (χ3v) is 5.08. The van der Waals surface area contributed by atoms with Crippen molar-refractivity contribution in [2.24, 2.45) is 0 Å². The van der Waals surface area contributed by atoms with Crippen LogP contribution in [0.25, 0.3) is 10.6 Å².